The van der Waals surface area contributed by atoms with Crippen LogP contribution >= 0.6 is 0 Å². The first-order chi connectivity index (χ1) is 12.0. The van der Waals surface area contributed by atoms with Crippen molar-refractivity contribution in [1.29, 1.82) is 0 Å². The maximum atomic E-state index is 11.8. The Morgan fingerprint density at radius 1 is 1.12 bits per heavy atom. The number of carboxylic acid groups (broad SMARTS) is 1. The number of alkyl carbamates (subject to hydrolysis) is 1. The van der Waals surface area contributed by atoms with Gasteiger partial charge >= 0.3 is 12.1 Å². The fraction of sp³-hybridized carbons (Fsp3) is 0.222. The molecule has 3 N–H and O–H groups in total. The van der Waals surface area contributed by atoms with Gasteiger partial charge in [-0.15, -0.1) is 0 Å². The number of ether oxygens (including phenoxy) is 2. The van der Waals surface area contributed by atoms with Crippen LogP contribution in [0.25, 0.3) is 0 Å². The van der Waals surface area contributed by atoms with E-state index in [-0.39, 0.29) is 24.5 Å². The lowest BCUT2D eigenvalue weighted by Gasteiger charge is -2.15. The Hall–Kier alpha value is -3.22. The van der Waals surface area contributed by atoms with Crippen molar-refractivity contribution in [1.82, 2.24) is 5.32 Å². The highest BCUT2D eigenvalue weighted by Gasteiger charge is 2.21. The summed E-state index contributed by atoms with van der Waals surface area (Å²) >= 11 is 0. The van der Waals surface area contributed by atoms with Gasteiger partial charge in [-0.1, -0.05) is 36.4 Å². The molecule has 0 saturated carbocycles. The predicted molar refractivity (Wildman–Crippen MR) is 89.5 cm³/mol. The van der Waals surface area contributed by atoms with E-state index < -0.39 is 18.1 Å². The van der Waals surface area contributed by atoms with E-state index in [1.807, 2.05) is 18.2 Å². The van der Waals surface area contributed by atoms with Crippen LogP contribution in [0, 0.1) is 0 Å². The van der Waals surface area contributed by atoms with Crippen LogP contribution in [0.4, 0.5) is 4.79 Å². The molecule has 0 aliphatic carbocycles. The summed E-state index contributed by atoms with van der Waals surface area (Å²) in [4.78, 5) is 23.2. The number of rotatable bonds is 7. The molecule has 0 radical (unpaired) electrons. The molecule has 0 aromatic heterocycles. The van der Waals surface area contributed by atoms with Gasteiger partial charge in [0.05, 0.1) is 7.11 Å². The Bertz CT molecular complexity index is 732. The van der Waals surface area contributed by atoms with Crippen molar-refractivity contribution in [3.63, 3.8) is 0 Å². The molecule has 0 fully saturated rings. The zero-order valence-electron chi connectivity index (χ0n) is 13.6. The van der Waals surface area contributed by atoms with Gasteiger partial charge in [0, 0.05) is 6.42 Å². The van der Waals surface area contributed by atoms with Gasteiger partial charge in [-0.2, -0.15) is 0 Å². The topological polar surface area (TPSA) is 105 Å². The number of phenolic OH excluding ortho intramolecular Hbond substituents is 1. The van der Waals surface area contributed by atoms with Crippen LogP contribution in [0.2, 0.25) is 0 Å². The summed E-state index contributed by atoms with van der Waals surface area (Å²) in [5, 5.41) is 21.2. The minimum atomic E-state index is -1.19. The number of nitrogens with one attached hydrogen (secondary N) is 1. The van der Waals surface area contributed by atoms with Crippen molar-refractivity contribution in [3.8, 4) is 11.5 Å². The second-order valence-corrected chi connectivity index (χ2v) is 5.31. The number of phenols is 1. The fourth-order valence-electron chi connectivity index (χ4n) is 2.19. The van der Waals surface area contributed by atoms with Gasteiger partial charge in [-0.3, -0.25) is 0 Å². The van der Waals surface area contributed by atoms with Gasteiger partial charge in [0.15, 0.2) is 11.5 Å². The SMILES string of the molecule is COc1cc(CC(NC(=O)OCc2ccccc2)C(=O)O)ccc1O. The molecule has 2 aromatic rings. The minimum absolute atomic E-state index is 0.0202. The van der Waals surface area contributed by atoms with E-state index in [9.17, 15) is 19.8 Å². The van der Waals surface area contributed by atoms with Crippen molar-refractivity contribution < 1.29 is 29.3 Å². The third-order valence-corrected chi connectivity index (χ3v) is 3.49. The highest BCUT2D eigenvalue weighted by molar-refractivity contribution is 5.80. The molecule has 0 heterocycles. The number of aliphatic carboxylic acids is 1. The molecule has 132 valence electrons. The third kappa shape index (κ3) is 5.42. The summed E-state index contributed by atoms with van der Waals surface area (Å²) in [7, 11) is 1.40. The van der Waals surface area contributed by atoms with E-state index in [1.54, 1.807) is 18.2 Å². The summed E-state index contributed by atoms with van der Waals surface area (Å²) < 4.78 is 10.0. The quantitative estimate of drug-likeness (QED) is 0.711. The molecule has 0 spiro atoms. The van der Waals surface area contributed by atoms with Gasteiger partial charge in [-0.05, 0) is 23.3 Å². The number of hydrogen-bond donors (Lipinski definition) is 3. The molecule has 2 aromatic carbocycles. The summed E-state index contributed by atoms with van der Waals surface area (Å²) in [5.41, 5.74) is 1.39. The summed E-state index contributed by atoms with van der Waals surface area (Å²) in [5.74, 6) is -1.01. The minimum Gasteiger partial charge on any atom is -0.504 e. The largest absolute Gasteiger partial charge is 0.504 e. The Morgan fingerprint density at radius 3 is 2.48 bits per heavy atom. The Kier molecular flexibility index (Phi) is 6.22. The molecule has 0 aliphatic rings. The molecule has 0 saturated heterocycles. The number of benzene rings is 2. The first kappa shape index (κ1) is 18.1. The summed E-state index contributed by atoms with van der Waals surface area (Å²) in [6.07, 6.45) is -0.797. The molecule has 0 aliphatic heterocycles. The Morgan fingerprint density at radius 2 is 1.84 bits per heavy atom. The maximum Gasteiger partial charge on any atom is 0.408 e. The molecule has 2 rings (SSSR count). The average molecular weight is 345 g/mol. The van der Waals surface area contributed by atoms with E-state index in [0.717, 1.165) is 5.56 Å². The molecule has 1 unspecified atom stereocenters. The van der Waals surface area contributed by atoms with Crippen molar-refractivity contribution in [2.24, 2.45) is 0 Å². The second kappa shape index (κ2) is 8.58. The van der Waals surface area contributed by atoms with Crippen LogP contribution in [0.5, 0.6) is 11.5 Å². The van der Waals surface area contributed by atoms with Crippen molar-refractivity contribution >= 4 is 12.1 Å². The fourth-order valence-corrected chi connectivity index (χ4v) is 2.19. The van der Waals surface area contributed by atoms with Crippen molar-refractivity contribution in [2.45, 2.75) is 19.1 Å². The lowest BCUT2D eigenvalue weighted by Crippen LogP contribution is -2.42. The highest BCUT2D eigenvalue weighted by atomic mass is 16.5. The molecule has 0 bridgehead atoms. The van der Waals surface area contributed by atoms with Crippen molar-refractivity contribution in [3.05, 3.63) is 59.7 Å². The van der Waals surface area contributed by atoms with Gasteiger partial charge in [0.1, 0.15) is 12.6 Å². The maximum absolute atomic E-state index is 11.8. The van der Waals surface area contributed by atoms with Crippen LogP contribution in [0.3, 0.4) is 0 Å². The van der Waals surface area contributed by atoms with Crippen LogP contribution in [0.1, 0.15) is 11.1 Å². The summed E-state index contributed by atoms with van der Waals surface area (Å²) in [6.45, 7) is 0.0477. The van der Waals surface area contributed by atoms with Crippen LogP contribution < -0.4 is 10.1 Å². The van der Waals surface area contributed by atoms with Gasteiger partial charge in [-0.25, -0.2) is 9.59 Å². The number of aromatic hydroxyl groups is 1. The van der Waals surface area contributed by atoms with Crippen LogP contribution in [-0.2, 0) is 22.6 Å². The van der Waals surface area contributed by atoms with Gasteiger partial charge in [0.25, 0.3) is 0 Å². The number of carbonyl (C=O) groups is 2. The van der Waals surface area contributed by atoms with E-state index >= 15 is 0 Å². The number of carbonyl (C=O) groups excluding carboxylic acids is 1. The Labute approximate surface area is 144 Å². The van der Waals surface area contributed by atoms with E-state index in [4.69, 9.17) is 9.47 Å². The number of hydrogen-bond acceptors (Lipinski definition) is 5. The normalized spacial score (nSPS) is 11.4. The van der Waals surface area contributed by atoms with E-state index in [1.165, 1.54) is 19.2 Å². The number of carboxylic acids is 1. The lowest BCUT2D eigenvalue weighted by molar-refractivity contribution is -0.139. The van der Waals surface area contributed by atoms with Crippen molar-refractivity contribution in [2.75, 3.05) is 7.11 Å². The zero-order chi connectivity index (χ0) is 18.2. The molecular formula is C18H19NO6. The van der Waals surface area contributed by atoms with Crippen LogP contribution in [0.15, 0.2) is 48.5 Å². The molecule has 7 heteroatoms. The molecule has 7 nitrogen and oxygen atoms in total. The first-order valence-corrected chi connectivity index (χ1v) is 7.55. The molecule has 1 amide bonds. The standard InChI is InChI=1S/C18H19NO6/c1-24-16-10-13(7-8-15(16)20)9-14(17(21)22)19-18(23)25-11-12-5-3-2-4-6-12/h2-8,10,14,20H,9,11H2,1H3,(H,19,23)(H,21,22). The zero-order valence-corrected chi connectivity index (χ0v) is 13.6. The number of methoxy groups -OCH3 is 1. The average Bonchev–Trinajstić information content (AvgIpc) is 2.61. The van der Waals surface area contributed by atoms with Gasteiger partial charge < -0.3 is 25.0 Å². The van der Waals surface area contributed by atoms with Gasteiger partial charge in [0.2, 0.25) is 0 Å². The molecule has 1 atom stereocenters. The molecule has 25 heavy (non-hydrogen) atoms. The van der Waals surface area contributed by atoms with E-state index in [0.29, 0.717) is 5.56 Å². The predicted octanol–water partition coefficient (Wildman–Crippen LogP) is 2.32. The second-order valence-electron chi connectivity index (χ2n) is 5.31. The molecular weight excluding hydrogens is 326 g/mol. The monoisotopic (exact) mass is 345 g/mol. The first-order valence-electron chi connectivity index (χ1n) is 7.55. The third-order valence-electron chi connectivity index (χ3n) is 3.49. The summed E-state index contributed by atoms with van der Waals surface area (Å²) in [6, 6.07) is 12.4. The lowest BCUT2D eigenvalue weighted by atomic mass is 10.1. The Balaban J connectivity index is 1.96. The van der Waals surface area contributed by atoms with Crippen LogP contribution in [-0.4, -0.2) is 35.4 Å². The number of amides is 1. The smallest absolute Gasteiger partial charge is 0.408 e. The highest BCUT2D eigenvalue weighted by Crippen LogP contribution is 2.26. The van der Waals surface area contributed by atoms with E-state index in [2.05, 4.69) is 5.32 Å².